The lowest BCUT2D eigenvalue weighted by molar-refractivity contribution is -0.159. The van der Waals surface area contributed by atoms with Crippen molar-refractivity contribution in [2.24, 2.45) is 17.8 Å². The van der Waals surface area contributed by atoms with Gasteiger partial charge in [0.25, 0.3) is 0 Å². The first-order valence-electron chi connectivity index (χ1n) is 8.23. The first-order valence-corrected chi connectivity index (χ1v) is 8.23. The van der Waals surface area contributed by atoms with Crippen LogP contribution < -0.4 is 0 Å². The lowest BCUT2D eigenvalue weighted by Gasteiger charge is -2.45. The van der Waals surface area contributed by atoms with Gasteiger partial charge < -0.3 is 14.7 Å². The molecular formula is C16H25NO4. The average molecular weight is 295 g/mol. The molecule has 3 aliphatic rings. The minimum absolute atomic E-state index is 0.0620. The molecule has 2 saturated carbocycles. The summed E-state index contributed by atoms with van der Waals surface area (Å²) < 4.78 is 5.81. The highest BCUT2D eigenvalue weighted by Gasteiger charge is 2.46. The van der Waals surface area contributed by atoms with Crippen LogP contribution in [0.5, 0.6) is 0 Å². The van der Waals surface area contributed by atoms with E-state index in [1.165, 1.54) is 6.42 Å². The lowest BCUT2D eigenvalue weighted by atomic mass is 9.87. The topological polar surface area (TPSA) is 66.8 Å². The minimum Gasteiger partial charge on any atom is -0.481 e. The van der Waals surface area contributed by atoms with E-state index in [0.717, 1.165) is 19.3 Å². The van der Waals surface area contributed by atoms with Gasteiger partial charge in [-0.25, -0.2) is 0 Å². The second kappa shape index (κ2) is 5.95. The van der Waals surface area contributed by atoms with Crippen molar-refractivity contribution in [2.45, 2.75) is 57.6 Å². The summed E-state index contributed by atoms with van der Waals surface area (Å²) in [5.41, 5.74) is 0. The highest BCUT2D eigenvalue weighted by Crippen LogP contribution is 2.39. The number of fused-ring (bicyclic) bond motifs is 1. The number of morpholine rings is 1. The SMILES string of the molecule is CC1CC(C(=O)O)C(C(=O)N2CCOC3CCCCC32)C1. The van der Waals surface area contributed by atoms with E-state index in [-0.39, 0.29) is 24.0 Å². The summed E-state index contributed by atoms with van der Waals surface area (Å²) in [5.74, 6) is -1.27. The van der Waals surface area contributed by atoms with Gasteiger partial charge in [-0.3, -0.25) is 9.59 Å². The molecule has 5 unspecified atom stereocenters. The first kappa shape index (κ1) is 14.8. The number of carbonyl (C=O) groups is 2. The van der Waals surface area contributed by atoms with E-state index in [2.05, 4.69) is 0 Å². The number of rotatable bonds is 2. The summed E-state index contributed by atoms with van der Waals surface area (Å²) in [7, 11) is 0. The summed E-state index contributed by atoms with van der Waals surface area (Å²) in [6, 6.07) is 0.172. The third kappa shape index (κ3) is 2.80. The second-order valence-corrected chi connectivity index (χ2v) is 6.92. The molecule has 1 N–H and O–H groups in total. The number of hydrogen-bond donors (Lipinski definition) is 1. The number of carboxylic acids is 1. The van der Waals surface area contributed by atoms with Gasteiger partial charge in [0.1, 0.15) is 0 Å². The van der Waals surface area contributed by atoms with Crippen molar-refractivity contribution in [1.82, 2.24) is 4.90 Å². The van der Waals surface area contributed by atoms with Crippen molar-refractivity contribution in [3.8, 4) is 0 Å². The van der Waals surface area contributed by atoms with Crippen molar-refractivity contribution < 1.29 is 19.4 Å². The Morgan fingerprint density at radius 3 is 2.62 bits per heavy atom. The van der Waals surface area contributed by atoms with E-state index in [9.17, 15) is 14.7 Å². The fourth-order valence-corrected chi connectivity index (χ4v) is 4.42. The maximum atomic E-state index is 12.9. The van der Waals surface area contributed by atoms with E-state index in [1.54, 1.807) is 0 Å². The molecule has 1 amide bonds. The predicted octanol–water partition coefficient (Wildman–Crippen LogP) is 1.90. The van der Waals surface area contributed by atoms with Crippen LogP contribution in [0, 0.1) is 17.8 Å². The predicted molar refractivity (Wildman–Crippen MR) is 76.7 cm³/mol. The molecule has 5 atom stereocenters. The van der Waals surface area contributed by atoms with E-state index in [0.29, 0.717) is 31.9 Å². The number of hydrogen-bond acceptors (Lipinski definition) is 3. The summed E-state index contributed by atoms with van der Waals surface area (Å²) in [4.78, 5) is 26.3. The molecule has 1 heterocycles. The normalized spacial score (nSPS) is 39.9. The van der Waals surface area contributed by atoms with Gasteiger partial charge in [0, 0.05) is 6.54 Å². The quantitative estimate of drug-likeness (QED) is 0.845. The van der Waals surface area contributed by atoms with Gasteiger partial charge in [0.2, 0.25) is 5.91 Å². The van der Waals surface area contributed by atoms with Crippen molar-refractivity contribution in [1.29, 1.82) is 0 Å². The number of amides is 1. The standard InChI is InChI=1S/C16H25NO4/c1-10-8-11(12(9-10)16(19)20)15(18)17-6-7-21-14-5-3-2-4-13(14)17/h10-14H,2-9H2,1H3,(H,19,20). The highest BCUT2D eigenvalue weighted by molar-refractivity contribution is 5.85. The van der Waals surface area contributed by atoms with Crippen molar-refractivity contribution in [3.05, 3.63) is 0 Å². The van der Waals surface area contributed by atoms with Crippen LogP contribution in [-0.4, -0.2) is 47.2 Å². The van der Waals surface area contributed by atoms with Gasteiger partial charge >= 0.3 is 5.97 Å². The van der Waals surface area contributed by atoms with Crippen LogP contribution in [0.2, 0.25) is 0 Å². The van der Waals surface area contributed by atoms with Crippen LogP contribution in [0.15, 0.2) is 0 Å². The molecule has 0 spiro atoms. The summed E-state index contributed by atoms with van der Waals surface area (Å²) in [6.45, 7) is 3.26. The Morgan fingerprint density at radius 2 is 1.86 bits per heavy atom. The molecule has 0 bridgehead atoms. The molecule has 0 aromatic rings. The first-order chi connectivity index (χ1) is 10.1. The summed E-state index contributed by atoms with van der Waals surface area (Å²) in [5, 5.41) is 9.39. The van der Waals surface area contributed by atoms with Crippen molar-refractivity contribution in [2.75, 3.05) is 13.2 Å². The maximum absolute atomic E-state index is 12.9. The highest BCUT2D eigenvalue weighted by atomic mass is 16.5. The molecule has 0 aromatic heterocycles. The van der Waals surface area contributed by atoms with Gasteiger partial charge in [-0.2, -0.15) is 0 Å². The third-order valence-corrected chi connectivity index (χ3v) is 5.45. The maximum Gasteiger partial charge on any atom is 0.307 e. The molecular weight excluding hydrogens is 270 g/mol. The van der Waals surface area contributed by atoms with Crippen molar-refractivity contribution in [3.63, 3.8) is 0 Å². The molecule has 21 heavy (non-hydrogen) atoms. The summed E-state index contributed by atoms with van der Waals surface area (Å²) >= 11 is 0. The van der Waals surface area contributed by atoms with Gasteiger partial charge in [-0.15, -0.1) is 0 Å². The van der Waals surface area contributed by atoms with Crippen LogP contribution in [0.25, 0.3) is 0 Å². The Bertz CT molecular complexity index is 423. The lowest BCUT2D eigenvalue weighted by Crippen LogP contribution is -2.56. The van der Waals surface area contributed by atoms with Crippen LogP contribution in [0.4, 0.5) is 0 Å². The van der Waals surface area contributed by atoms with Gasteiger partial charge in [-0.05, 0) is 31.6 Å². The van der Waals surface area contributed by atoms with E-state index >= 15 is 0 Å². The van der Waals surface area contributed by atoms with E-state index in [4.69, 9.17) is 4.74 Å². The third-order valence-electron chi connectivity index (χ3n) is 5.45. The van der Waals surface area contributed by atoms with Crippen LogP contribution in [0.3, 0.4) is 0 Å². The smallest absolute Gasteiger partial charge is 0.307 e. The van der Waals surface area contributed by atoms with Gasteiger partial charge in [0.15, 0.2) is 0 Å². The Labute approximate surface area is 125 Å². The zero-order valence-corrected chi connectivity index (χ0v) is 12.7. The molecule has 3 fully saturated rings. The van der Waals surface area contributed by atoms with E-state index in [1.807, 2.05) is 11.8 Å². The number of ether oxygens (including phenoxy) is 1. The van der Waals surface area contributed by atoms with Crippen LogP contribution >= 0.6 is 0 Å². The fraction of sp³-hybridized carbons (Fsp3) is 0.875. The molecule has 1 saturated heterocycles. The molecule has 5 heteroatoms. The molecule has 1 aliphatic heterocycles. The zero-order chi connectivity index (χ0) is 15.0. The molecule has 2 aliphatic carbocycles. The number of nitrogens with zero attached hydrogens (tertiary/aromatic N) is 1. The van der Waals surface area contributed by atoms with Gasteiger partial charge in [0.05, 0.1) is 30.6 Å². The largest absolute Gasteiger partial charge is 0.481 e. The Balaban J connectivity index is 1.75. The second-order valence-electron chi connectivity index (χ2n) is 6.92. The fourth-order valence-electron chi connectivity index (χ4n) is 4.42. The molecule has 0 radical (unpaired) electrons. The van der Waals surface area contributed by atoms with Gasteiger partial charge in [-0.1, -0.05) is 19.8 Å². The molecule has 3 rings (SSSR count). The van der Waals surface area contributed by atoms with Crippen molar-refractivity contribution >= 4 is 11.9 Å². The molecule has 5 nitrogen and oxygen atoms in total. The zero-order valence-electron chi connectivity index (χ0n) is 12.7. The Morgan fingerprint density at radius 1 is 1.14 bits per heavy atom. The van der Waals surface area contributed by atoms with E-state index < -0.39 is 11.9 Å². The minimum atomic E-state index is -0.814. The molecule has 0 aromatic carbocycles. The monoisotopic (exact) mass is 295 g/mol. The molecule has 118 valence electrons. The van der Waals surface area contributed by atoms with Crippen LogP contribution in [0.1, 0.15) is 45.4 Å². The number of carbonyl (C=O) groups excluding carboxylic acids is 1. The Hall–Kier alpha value is -1.10. The van der Waals surface area contributed by atoms with Crippen LogP contribution in [-0.2, 0) is 14.3 Å². The summed E-state index contributed by atoms with van der Waals surface area (Å²) in [6.07, 6.45) is 5.83. The Kier molecular flexibility index (Phi) is 4.20. The number of carboxylic acid groups (broad SMARTS) is 1. The number of aliphatic carboxylic acids is 1. The average Bonchev–Trinajstić information content (AvgIpc) is 2.88.